The molecular weight excluding hydrogens is 327 g/mol. The van der Waals surface area contributed by atoms with Crippen LogP contribution in [0.3, 0.4) is 0 Å². The molecule has 0 aliphatic carbocycles. The van der Waals surface area contributed by atoms with E-state index in [0.29, 0.717) is 6.54 Å². The summed E-state index contributed by atoms with van der Waals surface area (Å²) in [5.74, 6) is -1.63. The van der Waals surface area contributed by atoms with Crippen LogP contribution in [-0.4, -0.2) is 41.6 Å². The standard InChI is InChI=1S/C11H14Cl2N2O4S/c1-15(2)6-5-14-20(18,19)8-4-3-7(12)9(10(8)13)11(16)17/h3-4,14H,5-6H2,1-2H3,(H,16,17). The molecule has 0 atom stereocenters. The van der Waals surface area contributed by atoms with Crippen LogP contribution in [0.25, 0.3) is 0 Å². The number of hydrogen-bond donors (Lipinski definition) is 2. The lowest BCUT2D eigenvalue weighted by molar-refractivity contribution is -0.856. The molecule has 0 amide bonds. The van der Waals surface area contributed by atoms with E-state index < -0.39 is 26.6 Å². The maximum atomic E-state index is 12.1. The minimum absolute atomic E-state index is 0.174. The van der Waals surface area contributed by atoms with Gasteiger partial charge in [-0.3, -0.25) is 0 Å². The summed E-state index contributed by atoms with van der Waals surface area (Å²) in [5.41, 5.74) is -0.533. The van der Waals surface area contributed by atoms with Gasteiger partial charge in [0.2, 0.25) is 10.0 Å². The highest BCUT2D eigenvalue weighted by Gasteiger charge is 2.22. The lowest BCUT2D eigenvalue weighted by Gasteiger charge is -2.14. The Hall–Kier alpha value is -0.860. The fraction of sp³-hybridized carbons (Fsp3) is 0.364. The van der Waals surface area contributed by atoms with Gasteiger partial charge < -0.3 is 14.8 Å². The predicted molar refractivity (Wildman–Crippen MR) is 73.7 cm³/mol. The van der Waals surface area contributed by atoms with Crippen LogP contribution in [0.1, 0.15) is 10.4 Å². The van der Waals surface area contributed by atoms with Crippen LogP contribution in [0, 0.1) is 0 Å². The first-order valence-corrected chi connectivity index (χ1v) is 7.88. The van der Waals surface area contributed by atoms with Gasteiger partial charge in [0.1, 0.15) is 4.90 Å². The Morgan fingerprint density at radius 1 is 1.35 bits per heavy atom. The van der Waals surface area contributed by atoms with E-state index in [4.69, 9.17) is 23.2 Å². The number of rotatable bonds is 6. The lowest BCUT2D eigenvalue weighted by Crippen LogP contribution is -3.06. The smallest absolute Gasteiger partial charge is 0.242 e. The van der Waals surface area contributed by atoms with Crippen LogP contribution in [0.4, 0.5) is 0 Å². The molecule has 0 radical (unpaired) electrons. The number of carboxylic acid groups (broad SMARTS) is 1. The molecule has 0 fully saturated rings. The van der Waals surface area contributed by atoms with Crippen molar-refractivity contribution < 1.29 is 23.2 Å². The summed E-state index contributed by atoms with van der Waals surface area (Å²) in [6, 6.07) is 2.31. The molecule has 0 saturated carbocycles. The monoisotopic (exact) mass is 340 g/mol. The van der Waals surface area contributed by atoms with Gasteiger partial charge in [0.05, 0.1) is 43.2 Å². The van der Waals surface area contributed by atoms with Crippen LogP contribution in [0.15, 0.2) is 17.0 Å². The third-order valence-electron chi connectivity index (χ3n) is 2.47. The van der Waals surface area contributed by atoms with E-state index in [1.165, 1.54) is 0 Å². The normalized spacial score (nSPS) is 11.8. The van der Waals surface area contributed by atoms with Crippen molar-refractivity contribution >= 4 is 39.2 Å². The Balaban J connectivity index is 3.13. The topological polar surface area (TPSA) is 90.7 Å². The maximum absolute atomic E-state index is 12.1. The maximum Gasteiger partial charge on any atom is 0.242 e. The molecule has 112 valence electrons. The molecule has 0 spiro atoms. The Morgan fingerprint density at radius 2 is 1.95 bits per heavy atom. The number of aromatic carboxylic acids is 1. The van der Waals surface area contributed by atoms with E-state index >= 15 is 0 Å². The number of carbonyl (C=O) groups excluding carboxylic acids is 1. The molecule has 0 bridgehead atoms. The molecule has 1 aromatic carbocycles. The molecule has 6 nitrogen and oxygen atoms in total. The second kappa shape index (κ2) is 6.73. The first kappa shape index (κ1) is 17.2. The van der Waals surface area contributed by atoms with Gasteiger partial charge in [-0.1, -0.05) is 23.2 Å². The number of hydrogen-bond acceptors (Lipinski definition) is 4. The van der Waals surface area contributed by atoms with Crippen molar-refractivity contribution in [3.05, 3.63) is 27.7 Å². The van der Waals surface area contributed by atoms with E-state index in [2.05, 4.69) is 4.72 Å². The third kappa shape index (κ3) is 4.07. The molecule has 1 aromatic rings. The highest BCUT2D eigenvalue weighted by Crippen LogP contribution is 2.30. The van der Waals surface area contributed by atoms with Gasteiger partial charge in [-0.15, -0.1) is 0 Å². The van der Waals surface area contributed by atoms with Crippen molar-refractivity contribution in [3.63, 3.8) is 0 Å². The number of likely N-dealkylation sites (N-methyl/N-ethyl adjacent to an activating group) is 1. The number of benzene rings is 1. The van der Waals surface area contributed by atoms with E-state index in [1.807, 2.05) is 14.1 Å². The van der Waals surface area contributed by atoms with E-state index in [-0.39, 0.29) is 16.5 Å². The average Bonchev–Trinajstić information content (AvgIpc) is 2.26. The zero-order valence-electron chi connectivity index (χ0n) is 10.9. The molecule has 0 heterocycles. The molecule has 1 rings (SSSR count). The zero-order chi connectivity index (χ0) is 15.5. The summed E-state index contributed by atoms with van der Waals surface area (Å²) in [4.78, 5) is 11.7. The largest absolute Gasteiger partial charge is 0.545 e. The number of carboxylic acids is 1. The minimum Gasteiger partial charge on any atom is -0.545 e. The van der Waals surface area contributed by atoms with Gasteiger partial charge in [0, 0.05) is 5.56 Å². The molecule has 9 heteroatoms. The highest BCUT2D eigenvalue weighted by atomic mass is 35.5. The fourth-order valence-corrected chi connectivity index (χ4v) is 3.38. The second-order valence-electron chi connectivity index (χ2n) is 4.38. The lowest BCUT2D eigenvalue weighted by atomic mass is 10.2. The summed E-state index contributed by atoms with van der Waals surface area (Å²) in [6.07, 6.45) is 0. The van der Waals surface area contributed by atoms with Crippen LogP contribution >= 0.6 is 23.2 Å². The number of carbonyl (C=O) groups is 1. The zero-order valence-corrected chi connectivity index (χ0v) is 13.2. The van der Waals surface area contributed by atoms with E-state index in [0.717, 1.165) is 17.0 Å². The van der Waals surface area contributed by atoms with Crippen molar-refractivity contribution in [1.29, 1.82) is 0 Å². The molecule has 0 aliphatic heterocycles. The van der Waals surface area contributed by atoms with Crippen LogP contribution in [0.5, 0.6) is 0 Å². The summed E-state index contributed by atoms with van der Waals surface area (Å²) in [6.45, 7) is 0.766. The van der Waals surface area contributed by atoms with E-state index in [9.17, 15) is 18.3 Å². The van der Waals surface area contributed by atoms with Gasteiger partial charge in [0.15, 0.2) is 0 Å². The molecule has 0 aliphatic rings. The Kier molecular flexibility index (Phi) is 5.79. The Labute approximate surface area is 127 Å². The third-order valence-corrected chi connectivity index (χ3v) is 4.79. The van der Waals surface area contributed by atoms with Crippen molar-refractivity contribution in [3.8, 4) is 0 Å². The summed E-state index contributed by atoms with van der Waals surface area (Å²) in [7, 11) is -0.159. The Bertz CT molecular complexity index is 617. The molecule has 0 saturated heterocycles. The number of nitrogens with one attached hydrogen (secondary N) is 2. The van der Waals surface area contributed by atoms with Crippen molar-refractivity contribution in [2.45, 2.75) is 4.90 Å². The molecule has 20 heavy (non-hydrogen) atoms. The SMILES string of the molecule is C[NH+](C)CCNS(=O)(=O)c1ccc(Cl)c(C(=O)[O-])c1Cl. The second-order valence-corrected chi connectivity index (χ2v) is 6.90. The van der Waals surface area contributed by atoms with Crippen molar-refractivity contribution in [2.24, 2.45) is 0 Å². The summed E-state index contributed by atoms with van der Waals surface area (Å²) >= 11 is 11.5. The minimum atomic E-state index is -3.90. The van der Waals surface area contributed by atoms with Crippen molar-refractivity contribution in [2.75, 3.05) is 27.2 Å². The first-order chi connectivity index (χ1) is 9.16. The van der Waals surface area contributed by atoms with Gasteiger partial charge in [0.25, 0.3) is 0 Å². The highest BCUT2D eigenvalue weighted by molar-refractivity contribution is 7.89. The predicted octanol–water partition coefficient (Wildman–Crippen LogP) is -1.22. The van der Waals surface area contributed by atoms with Crippen molar-refractivity contribution in [1.82, 2.24) is 4.72 Å². The van der Waals surface area contributed by atoms with E-state index in [1.54, 1.807) is 0 Å². The van der Waals surface area contributed by atoms with Crippen LogP contribution in [0.2, 0.25) is 10.0 Å². The van der Waals surface area contributed by atoms with Crippen LogP contribution < -0.4 is 14.7 Å². The average molecular weight is 341 g/mol. The fourth-order valence-electron chi connectivity index (χ4n) is 1.44. The van der Waals surface area contributed by atoms with Gasteiger partial charge in [-0.2, -0.15) is 0 Å². The molecule has 2 N–H and O–H groups in total. The molecular formula is C11H14Cl2N2O4S. The molecule has 0 unspecified atom stereocenters. The molecule has 0 aromatic heterocycles. The Morgan fingerprint density at radius 3 is 2.45 bits per heavy atom. The van der Waals surface area contributed by atoms with Gasteiger partial charge in [-0.25, -0.2) is 13.1 Å². The number of quaternary nitrogens is 1. The summed E-state index contributed by atoms with van der Waals surface area (Å²) < 4.78 is 26.5. The number of sulfonamides is 1. The van der Waals surface area contributed by atoms with Gasteiger partial charge in [-0.05, 0) is 12.1 Å². The summed E-state index contributed by atoms with van der Waals surface area (Å²) in [5, 5.41) is 10.3. The van der Waals surface area contributed by atoms with Crippen LogP contribution in [-0.2, 0) is 10.0 Å². The number of halogens is 2. The first-order valence-electron chi connectivity index (χ1n) is 5.65. The quantitative estimate of drug-likeness (QED) is 0.679. The van der Waals surface area contributed by atoms with Gasteiger partial charge >= 0.3 is 0 Å².